The van der Waals surface area contributed by atoms with Crippen molar-refractivity contribution in [3.8, 4) is 67.5 Å². The van der Waals surface area contributed by atoms with E-state index in [0.717, 1.165) is 78.2 Å². The molecule has 0 saturated heterocycles. The van der Waals surface area contributed by atoms with Crippen molar-refractivity contribution in [2.45, 2.75) is 0 Å². The second-order valence-corrected chi connectivity index (χ2v) is 15.7. The quantitative estimate of drug-likeness (QED) is 0.162. The molecule has 12 aromatic rings. The molecule has 62 heavy (non-hydrogen) atoms. The number of pyridine rings is 1. The van der Waals surface area contributed by atoms with Crippen molar-refractivity contribution in [3.05, 3.63) is 225 Å². The van der Waals surface area contributed by atoms with Crippen LogP contribution in [0.5, 0.6) is 0 Å². The van der Waals surface area contributed by atoms with Crippen LogP contribution in [0.3, 0.4) is 0 Å². The van der Waals surface area contributed by atoms with E-state index >= 15 is 0 Å². The zero-order chi connectivity index (χ0) is 41.0. The molecule has 0 N–H and O–H groups in total. The van der Waals surface area contributed by atoms with Crippen LogP contribution in [0, 0.1) is 0 Å². The number of benzene rings is 8. The lowest BCUT2D eigenvalue weighted by molar-refractivity contribution is 1.13. The maximum Gasteiger partial charge on any atom is 0.160 e. The second-order valence-electron chi connectivity index (χ2n) is 15.7. The average Bonchev–Trinajstić information content (AvgIpc) is 3.88. The van der Waals surface area contributed by atoms with Gasteiger partial charge < -0.3 is 9.13 Å². The Morgan fingerprint density at radius 2 is 0.645 bits per heavy atom. The van der Waals surface area contributed by atoms with Gasteiger partial charge in [-0.05, 0) is 82.9 Å². The molecule has 0 unspecified atom stereocenters. The number of rotatable bonds is 7. The molecule has 8 aromatic carbocycles. The van der Waals surface area contributed by atoms with E-state index in [1.807, 2.05) is 30.6 Å². The molecule has 0 saturated carbocycles. The number of fused-ring (bicyclic) bond motifs is 6. The van der Waals surface area contributed by atoms with E-state index in [9.17, 15) is 0 Å². The van der Waals surface area contributed by atoms with Gasteiger partial charge >= 0.3 is 0 Å². The minimum Gasteiger partial charge on any atom is -0.309 e. The molecule has 0 aliphatic carbocycles. The fraction of sp³-hybridized carbons (Fsp3) is 0. The Hall–Kier alpha value is -8.41. The van der Waals surface area contributed by atoms with Gasteiger partial charge in [0, 0.05) is 62.0 Å². The Labute approximate surface area is 358 Å². The van der Waals surface area contributed by atoms with Gasteiger partial charge in [0.15, 0.2) is 5.82 Å². The van der Waals surface area contributed by atoms with Gasteiger partial charge in [-0.2, -0.15) is 0 Å². The number of aromatic nitrogens is 5. The van der Waals surface area contributed by atoms with Crippen molar-refractivity contribution in [1.29, 1.82) is 0 Å². The van der Waals surface area contributed by atoms with Crippen LogP contribution in [-0.2, 0) is 0 Å². The number of para-hydroxylation sites is 4. The summed E-state index contributed by atoms with van der Waals surface area (Å²) in [6.07, 6.45) is 3.65. The van der Waals surface area contributed by atoms with Gasteiger partial charge in [-0.3, -0.25) is 4.98 Å². The van der Waals surface area contributed by atoms with Gasteiger partial charge in [0.25, 0.3) is 0 Å². The van der Waals surface area contributed by atoms with Crippen molar-refractivity contribution >= 4 is 43.6 Å². The van der Waals surface area contributed by atoms with E-state index in [2.05, 4.69) is 208 Å². The van der Waals surface area contributed by atoms with E-state index in [1.54, 1.807) is 0 Å². The maximum atomic E-state index is 5.42. The Balaban J connectivity index is 1.11. The Kier molecular flexibility index (Phi) is 8.42. The summed E-state index contributed by atoms with van der Waals surface area (Å²) in [5.74, 6) is 0.659. The van der Waals surface area contributed by atoms with Crippen molar-refractivity contribution < 1.29 is 0 Å². The Bertz CT molecular complexity index is 3260. The summed E-state index contributed by atoms with van der Waals surface area (Å²) in [6.45, 7) is 0. The first-order valence-electron chi connectivity index (χ1n) is 20.9. The molecule has 0 aliphatic rings. The van der Waals surface area contributed by atoms with E-state index in [4.69, 9.17) is 9.97 Å². The summed E-state index contributed by atoms with van der Waals surface area (Å²) < 4.78 is 4.80. The van der Waals surface area contributed by atoms with E-state index in [0.29, 0.717) is 5.82 Å². The molecule has 5 heteroatoms. The minimum absolute atomic E-state index is 0.659. The van der Waals surface area contributed by atoms with Gasteiger partial charge in [0.2, 0.25) is 0 Å². The maximum absolute atomic E-state index is 5.42. The fourth-order valence-electron chi connectivity index (χ4n) is 9.09. The van der Waals surface area contributed by atoms with Crippen LogP contribution in [0.4, 0.5) is 0 Å². The van der Waals surface area contributed by atoms with Crippen LogP contribution in [0.25, 0.3) is 111 Å². The van der Waals surface area contributed by atoms with Crippen molar-refractivity contribution in [1.82, 2.24) is 24.1 Å². The monoisotopic (exact) mass is 791 g/mol. The highest BCUT2D eigenvalue weighted by Crippen LogP contribution is 2.39. The lowest BCUT2D eigenvalue weighted by Gasteiger charge is -2.16. The molecular formula is C57H37N5. The van der Waals surface area contributed by atoms with Crippen LogP contribution in [0.15, 0.2) is 225 Å². The summed E-state index contributed by atoms with van der Waals surface area (Å²) in [5.41, 5.74) is 15.9. The SMILES string of the molecule is c1ccc(-c2ccc(-c3cc(-c4cc(-n5c6ccccc6c6ccccc65)cc(-n5c6ccccc6c6ccccc65)c4)nc(-c4ccc(-c5ccncc5)cc4)n3)cc2)cc1. The Morgan fingerprint density at radius 1 is 0.274 bits per heavy atom. The standard InChI is InChI=1S/C57H37N5/c1-2-12-38(13-3-1)39-22-26-42(27-23-39)51-37-52(60-57(59-51)43-28-24-40(25-29-43)41-30-32-58-33-31-41)44-34-45(61-53-18-8-4-14-47(53)48-15-5-9-19-54(48)61)36-46(35-44)62-55-20-10-6-16-49(55)50-17-7-11-21-56(50)62/h1-37H. The zero-order valence-electron chi connectivity index (χ0n) is 33.6. The second kappa shape index (κ2) is 14.7. The van der Waals surface area contributed by atoms with Gasteiger partial charge in [0.1, 0.15) is 0 Å². The molecule has 0 bridgehead atoms. The smallest absolute Gasteiger partial charge is 0.160 e. The van der Waals surface area contributed by atoms with Crippen LogP contribution in [0.2, 0.25) is 0 Å². The summed E-state index contributed by atoms with van der Waals surface area (Å²) in [6, 6.07) is 75.6. The molecule has 4 heterocycles. The molecule has 12 rings (SSSR count). The number of hydrogen-bond donors (Lipinski definition) is 0. The lowest BCUT2D eigenvalue weighted by Crippen LogP contribution is -2.01. The van der Waals surface area contributed by atoms with Crippen LogP contribution in [-0.4, -0.2) is 24.1 Å². The zero-order valence-corrected chi connectivity index (χ0v) is 33.6. The molecule has 0 spiro atoms. The molecule has 4 aromatic heterocycles. The van der Waals surface area contributed by atoms with Gasteiger partial charge in [-0.25, -0.2) is 9.97 Å². The van der Waals surface area contributed by atoms with E-state index in [-0.39, 0.29) is 0 Å². The first-order valence-corrected chi connectivity index (χ1v) is 20.9. The molecule has 0 radical (unpaired) electrons. The largest absolute Gasteiger partial charge is 0.309 e. The summed E-state index contributed by atoms with van der Waals surface area (Å²) in [4.78, 5) is 14.9. The molecular weight excluding hydrogens is 755 g/mol. The van der Waals surface area contributed by atoms with Crippen molar-refractivity contribution in [2.24, 2.45) is 0 Å². The predicted molar refractivity (Wildman–Crippen MR) is 256 cm³/mol. The van der Waals surface area contributed by atoms with E-state index in [1.165, 1.54) is 27.1 Å². The highest BCUT2D eigenvalue weighted by atomic mass is 15.0. The van der Waals surface area contributed by atoms with Gasteiger partial charge in [-0.1, -0.05) is 152 Å². The van der Waals surface area contributed by atoms with Crippen LogP contribution < -0.4 is 0 Å². The Morgan fingerprint density at radius 3 is 1.13 bits per heavy atom. The third kappa shape index (κ3) is 6.06. The van der Waals surface area contributed by atoms with Gasteiger partial charge in [0.05, 0.1) is 33.5 Å². The summed E-state index contributed by atoms with van der Waals surface area (Å²) in [5, 5.41) is 4.86. The third-order valence-electron chi connectivity index (χ3n) is 12.0. The third-order valence-corrected chi connectivity index (χ3v) is 12.0. The number of nitrogens with zero attached hydrogens (tertiary/aromatic N) is 5. The normalized spacial score (nSPS) is 11.5. The van der Waals surface area contributed by atoms with Crippen molar-refractivity contribution in [3.63, 3.8) is 0 Å². The molecule has 0 atom stereocenters. The highest BCUT2D eigenvalue weighted by molar-refractivity contribution is 6.10. The summed E-state index contributed by atoms with van der Waals surface area (Å²) >= 11 is 0. The topological polar surface area (TPSA) is 48.5 Å². The fourth-order valence-corrected chi connectivity index (χ4v) is 9.09. The molecule has 0 fully saturated rings. The molecule has 5 nitrogen and oxygen atoms in total. The van der Waals surface area contributed by atoms with Crippen molar-refractivity contribution in [2.75, 3.05) is 0 Å². The molecule has 0 amide bonds. The summed E-state index contributed by atoms with van der Waals surface area (Å²) in [7, 11) is 0. The van der Waals surface area contributed by atoms with E-state index < -0.39 is 0 Å². The first kappa shape index (κ1) is 35.5. The predicted octanol–water partition coefficient (Wildman–Crippen LogP) is 14.4. The first-order chi connectivity index (χ1) is 30.7. The highest BCUT2D eigenvalue weighted by Gasteiger charge is 2.19. The average molecular weight is 792 g/mol. The molecule has 0 aliphatic heterocycles. The molecule has 290 valence electrons. The van der Waals surface area contributed by atoms with Crippen LogP contribution in [0.1, 0.15) is 0 Å². The lowest BCUT2D eigenvalue weighted by atomic mass is 10.0. The van der Waals surface area contributed by atoms with Crippen LogP contribution >= 0.6 is 0 Å². The van der Waals surface area contributed by atoms with Gasteiger partial charge in [-0.15, -0.1) is 0 Å². The minimum atomic E-state index is 0.659. The number of hydrogen-bond acceptors (Lipinski definition) is 3.